The molecule has 2 aromatic heterocycles. The second-order valence-electron chi connectivity index (χ2n) is 14.3. The molecule has 55 heavy (non-hydrogen) atoms. The molecule has 2 aliphatic carbocycles. The van der Waals surface area contributed by atoms with Crippen LogP contribution in [0.2, 0.25) is 0 Å². The number of hydrogen-bond donors (Lipinski definition) is 0. The number of hydrogen-bond acceptors (Lipinski definition) is 4. The zero-order chi connectivity index (χ0) is 36.3. The molecule has 0 amide bonds. The van der Waals surface area contributed by atoms with Gasteiger partial charge in [0.1, 0.15) is 0 Å². The van der Waals surface area contributed by atoms with Crippen molar-refractivity contribution in [1.82, 2.24) is 15.0 Å². The summed E-state index contributed by atoms with van der Waals surface area (Å²) in [6.07, 6.45) is 5.67. The average molecular weight is 720 g/mol. The molecule has 1 unspecified atom stereocenters. The second kappa shape index (κ2) is 13.0. The first-order valence-corrected chi connectivity index (χ1v) is 19.6. The molecular formula is C51H33N3S. The first-order valence-electron chi connectivity index (χ1n) is 18.8. The van der Waals surface area contributed by atoms with Gasteiger partial charge in [0.2, 0.25) is 0 Å². The predicted molar refractivity (Wildman–Crippen MR) is 230 cm³/mol. The lowest BCUT2D eigenvalue weighted by Gasteiger charge is -2.33. The molecule has 0 spiro atoms. The van der Waals surface area contributed by atoms with Crippen molar-refractivity contribution < 1.29 is 0 Å². The second-order valence-corrected chi connectivity index (χ2v) is 15.4. The molecule has 1 atom stereocenters. The van der Waals surface area contributed by atoms with E-state index in [9.17, 15) is 0 Å². The largest absolute Gasteiger partial charge is 0.208 e. The molecule has 258 valence electrons. The van der Waals surface area contributed by atoms with E-state index in [1.54, 1.807) is 0 Å². The van der Waals surface area contributed by atoms with Gasteiger partial charge in [0.15, 0.2) is 17.5 Å². The average Bonchev–Trinajstić information content (AvgIpc) is 3.65. The first-order chi connectivity index (χ1) is 27.3. The number of rotatable bonds is 5. The van der Waals surface area contributed by atoms with E-state index >= 15 is 0 Å². The maximum Gasteiger partial charge on any atom is 0.164 e. The highest BCUT2D eigenvalue weighted by Crippen LogP contribution is 2.52. The third-order valence-corrected chi connectivity index (χ3v) is 12.3. The Kier molecular flexibility index (Phi) is 7.49. The van der Waals surface area contributed by atoms with Crippen LogP contribution in [0.1, 0.15) is 29.0 Å². The van der Waals surface area contributed by atoms with Gasteiger partial charge in [0.05, 0.1) is 0 Å². The summed E-state index contributed by atoms with van der Waals surface area (Å²) in [6.45, 7) is 0. The smallest absolute Gasteiger partial charge is 0.164 e. The number of aromatic nitrogens is 3. The van der Waals surface area contributed by atoms with E-state index in [2.05, 4.69) is 158 Å². The van der Waals surface area contributed by atoms with Crippen molar-refractivity contribution in [2.75, 3.05) is 0 Å². The Morgan fingerprint density at radius 2 is 1.04 bits per heavy atom. The molecule has 0 bridgehead atoms. The van der Waals surface area contributed by atoms with Gasteiger partial charge in [0, 0.05) is 42.8 Å². The lowest BCUT2D eigenvalue weighted by atomic mass is 9.70. The number of allylic oxidation sites excluding steroid dienone is 4. The third-order valence-electron chi connectivity index (χ3n) is 11.2. The summed E-state index contributed by atoms with van der Waals surface area (Å²) < 4.78 is 2.47. The van der Waals surface area contributed by atoms with Crippen LogP contribution in [0.25, 0.3) is 87.7 Å². The molecule has 11 rings (SSSR count). The topological polar surface area (TPSA) is 38.7 Å². The quantitative estimate of drug-likeness (QED) is 0.178. The van der Waals surface area contributed by atoms with E-state index < -0.39 is 0 Å². The molecule has 7 aromatic carbocycles. The predicted octanol–water partition coefficient (Wildman–Crippen LogP) is 13.5. The fourth-order valence-electron chi connectivity index (χ4n) is 8.58. The fourth-order valence-corrected chi connectivity index (χ4v) is 9.70. The third kappa shape index (κ3) is 5.37. The van der Waals surface area contributed by atoms with Gasteiger partial charge in [-0.1, -0.05) is 164 Å². The molecular weight excluding hydrogens is 687 g/mol. The summed E-state index contributed by atoms with van der Waals surface area (Å²) in [7, 11) is 0. The van der Waals surface area contributed by atoms with Gasteiger partial charge in [-0.2, -0.15) is 0 Å². The van der Waals surface area contributed by atoms with E-state index in [0.717, 1.165) is 34.2 Å². The number of thiophene rings is 1. The van der Waals surface area contributed by atoms with Crippen LogP contribution >= 0.6 is 11.3 Å². The molecule has 4 heteroatoms. The van der Waals surface area contributed by atoms with Crippen LogP contribution in [0.3, 0.4) is 0 Å². The summed E-state index contributed by atoms with van der Waals surface area (Å²) in [5, 5.41) is 2.41. The zero-order valence-electron chi connectivity index (χ0n) is 29.9. The highest BCUT2D eigenvalue weighted by atomic mass is 32.1. The SMILES string of the molecule is C1=C(c2ccc3sc4cccc(-c5nc(-c6ccccc6)nc(-c6ccccc6-c6ccccc6)n5)c4c3c2)CC2C(=C1)c1ccccc1-c1ccccc12. The van der Waals surface area contributed by atoms with Crippen molar-refractivity contribution in [3.05, 3.63) is 199 Å². The number of fused-ring (bicyclic) bond motifs is 9. The van der Waals surface area contributed by atoms with Crippen LogP contribution in [0, 0.1) is 0 Å². The maximum atomic E-state index is 5.28. The molecule has 9 aromatic rings. The lowest BCUT2D eigenvalue weighted by molar-refractivity contribution is 0.882. The van der Waals surface area contributed by atoms with Crippen LogP contribution in [0.15, 0.2) is 182 Å². The lowest BCUT2D eigenvalue weighted by Crippen LogP contribution is -2.13. The normalized spacial score (nSPS) is 14.5. The number of benzene rings is 7. The van der Waals surface area contributed by atoms with Crippen molar-refractivity contribution in [1.29, 1.82) is 0 Å². The molecule has 0 saturated heterocycles. The summed E-state index contributed by atoms with van der Waals surface area (Å²) in [6, 6.07) is 60.4. The Morgan fingerprint density at radius 1 is 0.418 bits per heavy atom. The Morgan fingerprint density at radius 3 is 1.84 bits per heavy atom. The van der Waals surface area contributed by atoms with Gasteiger partial charge < -0.3 is 0 Å². The van der Waals surface area contributed by atoms with Crippen molar-refractivity contribution in [2.24, 2.45) is 0 Å². The summed E-state index contributed by atoms with van der Waals surface area (Å²) in [4.78, 5) is 15.6. The van der Waals surface area contributed by atoms with Crippen LogP contribution in [0.5, 0.6) is 0 Å². The Hall–Kier alpha value is -6.75. The van der Waals surface area contributed by atoms with E-state index in [0.29, 0.717) is 23.4 Å². The van der Waals surface area contributed by atoms with Crippen molar-refractivity contribution >= 4 is 42.7 Å². The summed E-state index contributed by atoms with van der Waals surface area (Å²) >= 11 is 1.83. The van der Waals surface area contributed by atoms with E-state index in [1.807, 2.05) is 35.6 Å². The molecule has 0 radical (unpaired) electrons. The Balaban J connectivity index is 1.07. The minimum absolute atomic E-state index is 0.315. The first kappa shape index (κ1) is 31.7. The van der Waals surface area contributed by atoms with Crippen molar-refractivity contribution in [3.63, 3.8) is 0 Å². The van der Waals surface area contributed by atoms with Crippen LogP contribution in [0.4, 0.5) is 0 Å². The standard InChI is InChI=1S/C51H33N3S/c1-3-14-32(15-4-1)36-18-7-12-23-42(36)50-52-49(33-16-5-2-6-17-33)53-51(54-50)43-24-13-25-47-48(43)45-31-35(27-29-46(45)55-47)34-26-28-41-39-21-9-8-19-37(39)38-20-10-11-22-40(38)44(41)30-34/h1-29,31,44H,30H2. The van der Waals surface area contributed by atoms with Crippen LogP contribution in [-0.4, -0.2) is 15.0 Å². The Labute approximate surface area is 323 Å². The van der Waals surface area contributed by atoms with Gasteiger partial charge in [-0.15, -0.1) is 11.3 Å². The fraction of sp³-hybridized carbons (Fsp3) is 0.0392. The van der Waals surface area contributed by atoms with E-state index in [1.165, 1.54) is 59.1 Å². The van der Waals surface area contributed by atoms with Gasteiger partial charge in [-0.3, -0.25) is 0 Å². The highest BCUT2D eigenvalue weighted by molar-refractivity contribution is 7.25. The molecule has 3 nitrogen and oxygen atoms in total. The van der Waals surface area contributed by atoms with Crippen molar-refractivity contribution in [2.45, 2.75) is 12.3 Å². The minimum atomic E-state index is 0.315. The van der Waals surface area contributed by atoms with E-state index in [-0.39, 0.29) is 0 Å². The Bertz CT molecular complexity index is 3010. The van der Waals surface area contributed by atoms with Gasteiger partial charge in [0.25, 0.3) is 0 Å². The van der Waals surface area contributed by atoms with Gasteiger partial charge in [-0.05, 0) is 74.7 Å². The maximum absolute atomic E-state index is 5.28. The minimum Gasteiger partial charge on any atom is -0.208 e. The molecule has 2 heterocycles. The summed E-state index contributed by atoms with van der Waals surface area (Å²) in [5.74, 6) is 2.30. The monoisotopic (exact) mass is 719 g/mol. The van der Waals surface area contributed by atoms with Crippen LogP contribution in [-0.2, 0) is 0 Å². The van der Waals surface area contributed by atoms with Gasteiger partial charge >= 0.3 is 0 Å². The van der Waals surface area contributed by atoms with Gasteiger partial charge in [-0.25, -0.2) is 15.0 Å². The van der Waals surface area contributed by atoms with Crippen LogP contribution < -0.4 is 0 Å². The molecule has 2 aliphatic rings. The van der Waals surface area contributed by atoms with Crippen molar-refractivity contribution in [3.8, 4) is 56.4 Å². The molecule has 0 N–H and O–H groups in total. The summed E-state index contributed by atoms with van der Waals surface area (Å²) in [5.41, 5.74) is 14.6. The molecule has 0 saturated carbocycles. The zero-order valence-corrected chi connectivity index (χ0v) is 30.7. The molecule has 0 aliphatic heterocycles. The number of nitrogens with zero attached hydrogens (tertiary/aromatic N) is 3. The molecule has 0 fully saturated rings. The highest BCUT2D eigenvalue weighted by Gasteiger charge is 2.31. The van der Waals surface area contributed by atoms with E-state index in [4.69, 9.17) is 15.0 Å².